The summed E-state index contributed by atoms with van der Waals surface area (Å²) >= 11 is 0. The molecule has 0 radical (unpaired) electrons. The van der Waals surface area contributed by atoms with Gasteiger partial charge in [-0.15, -0.1) is 12.3 Å². The van der Waals surface area contributed by atoms with Crippen LogP contribution in [0.1, 0.15) is 119 Å². The number of aliphatic imine (C=N–C) groups is 1. The molecule has 30 nitrogen and oxygen atoms in total. The van der Waals surface area contributed by atoms with Gasteiger partial charge in [-0.3, -0.25) is 57.7 Å². The van der Waals surface area contributed by atoms with Gasteiger partial charge in [-0.05, 0) is 88.1 Å². The van der Waals surface area contributed by atoms with Gasteiger partial charge < -0.3 is 81.6 Å². The fourth-order valence-corrected chi connectivity index (χ4v) is 7.36. The minimum absolute atomic E-state index is 0.0405. The summed E-state index contributed by atoms with van der Waals surface area (Å²) in [6, 6.07) is -11.1. The third kappa shape index (κ3) is 29.5. The average molecular weight is 1110 g/mol. The number of rotatable bonds is 40. The summed E-state index contributed by atoms with van der Waals surface area (Å²) < 4.78 is 0. The zero-order valence-electron chi connectivity index (χ0n) is 45.6. The predicted molar refractivity (Wildman–Crippen MR) is 286 cm³/mol. The number of unbranched alkanes of at least 4 members (excludes halogenated alkanes) is 1. The van der Waals surface area contributed by atoms with E-state index < -0.39 is 145 Å². The van der Waals surface area contributed by atoms with Crippen LogP contribution in [0.25, 0.3) is 10.4 Å². The van der Waals surface area contributed by atoms with E-state index in [4.69, 9.17) is 40.6 Å². The zero-order valence-corrected chi connectivity index (χ0v) is 45.6. The summed E-state index contributed by atoms with van der Waals surface area (Å²) in [5.74, 6) is -8.41. The molecule has 11 amide bonds. The third-order valence-corrected chi connectivity index (χ3v) is 12.0. The van der Waals surface area contributed by atoms with E-state index >= 15 is 0 Å². The molecule has 0 bridgehead atoms. The molecular formula is C48H84N18O12. The molecule has 0 aromatic carbocycles. The van der Waals surface area contributed by atoms with Crippen molar-refractivity contribution in [1.82, 2.24) is 47.9 Å². The Balaban J connectivity index is 6.58. The maximum atomic E-state index is 14.1. The Morgan fingerprint density at radius 2 is 1.14 bits per heavy atom. The molecule has 0 aromatic heterocycles. The highest BCUT2D eigenvalue weighted by molar-refractivity contribution is 5.98. The standard InChI is InChI=1S/C48H84N18O12/c1-8-27(5)15-16-32(59-38(70)24-56-41(72)31(58-29(7)68)13-10-11-20-49)42(73)64-36(25-67)46(77)65-39(28(6)9-2)47(78)62-33(17-18-37(50)69)43(74)61-34(19-22-57-66-54)44(75)63-35(23-26(3)4)45(76)60-30(40(51)71)14-12-21-55-48(52)53/h1,26-28,30-36,39,67H,9-25,49H2,2-7H3,(H2,50,69)(H2,51,71)(H,56,72)(H,58,68)(H,59,70)(H,60,76)(H,61,74)(H,62,78)(H,63,75)(H,64,73)(H,65,77)(H4,52,53,55)/t27?,28-,30-,31-,32-,33-,34-,35-,36-,39-/m0/s1. The smallest absolute Gasteiger partial charge is 0.245 e. The van der Waals surface area contributed by atoms with Crippen LogP contribution in [0.3, 0.4) is 0 Å². The van der Waals surface area contributed by atoms with Crippen molar-refractivity contribution in [2.24, 2.45) is 56.5 Å². The number of nitrogens with one attached hydrogen (secondary N) is 9. The van der Waals surface area contributed by atoms with Crippen LogP contribution in [-0.2, 0) is 52.7 Å². The molecule has 78 heavy (non-hydrogen) atoms. The van der Waals surface area contributed by atoms with Crippen LogP contribution in [0, 0.1) is 30.1 Å². The fourth-order valence-electron chi connectivity index (χ4n) is 7.36. The van der Waals surface area contributed by atoms with Crippen LogP contribution >= 0.6 is 0 Å². The van der Waals surface area contributed by atoms with E-state index in [0.29, 0.717) is 19.4 Å². The maximum Gasteiger partial charge on any atom is 0.245 e. The molecule has 0 saturated carbocycles. The topological polar surface area (TPSA) is 507 Å². The van der Waals surface area contributed by atoms with Gasteiger partial charge in [-0.25, -0.2) is 0 Å². The number of nitrogens with zero attached hydrogens (tertiary/aromatic N) is 4. The number of aliphatic hydroxyl groups excluding tert-OH is 1. The number of hydrogen-bond donors (Lipinski definition) is 15. The number of aliphatic hydroxyl groups is 1. The lowest BCUT2D eigenvalue weighted by Crippen LogP contribution is -2.61. The second-order valence-corrected chi connectivity index (χ2v) is 19.1. The Labute approximate surface area is 454 Å². The summed E-state index contributed by atoms with van der Waals surface area (Å²) in [6.45, 7) is 8.22. The summed E-state index contributed by atoms with van der Waals surface area (Å²) in [5.41, 5.74) is 36.2. The van der Waals surface area contributed by atoms with Gasteiger partial charge in [0.05, 0.1) is 13.2 Å². The number of nitrogens with two attached hydrogens (primary N) is 5. The van der Waals surface area contributed by atoms with Crippen LogP contribution in [-0.4, -0.2) is 157 Å². The second-order valence-electron chi connectivity index (χ2n) is 19.1. The van der Waals surface area contributed by atoms with E-state index in [9.17, 15) is 57.8 Å². The van der Waals surface area contributed by atoms with Crippen molar-refractivity contribution < 1.29 is 57.8 Å². The molecule has 0 fully saturated rings. The highest BCUT2D eigenvalue weighted by Gasteiger charge is 2.36. The fraction of sp³-hybridized carbons (Fsp3) is 0.708. The summed E-state index contributed by atoms with van der Waals surface area (Å²) in [7, 11) is 0. The molecule has 0 aliphatic carbocycles. The Hall–Kier alpha value is -7.77. The molecule has 30 heteroatoms. The molecule has 0 aliphatic heterocycles. The minimum atomic E-state index is -1.73. The monoisotopic (exact) mass is 1100 g/mol. The van der Waals surface area contributed by atoms with Crippen molar-refractivity contribution in [3.05, 3.63) is 10.4 Å². The first-order valence-corrected chi connectivity index (χ1v) is 25.8. The summed E-state index contributed by atoms with van der Waals surface area (Å²) in [6.07, 6.45) is 6.40. The zero-order chi connectivity index (χ0) is 59.5. The summed E-state index contributed by atoms with van der Waals surface area (Å²) in [4.78, 5) is 152. The highest BCUT2D eigenvalue weighted by Crippen LogP contribution is 2.13. The third-order valence-electron chi connectivity index (χ3n) is 12.0. The van der Waals surface area contributed by atoms with Crippen molar-refractivity contribution in [3.8, 4) is 12.3 Å². The molecule has 0 spiro atoms. The van der Waals surface area contributed by atoms with E-state index in [1.54, 1.807) is 34.6 Å². The number of carbonyl (C=O) groups is 11. The Kier molecular flexibility index (Phi) is 34.9. The van der Waals surface area contributed by atoms with E-state index in [-0.39, 0.29) is 82.3 Å². The molecule has 0 aromatic rings. The van der Waals surface area contributed by atoms with Gasteiger partial charge in [-0.2, -0.15) is 0 Å². The van der Waals surface area contributed by atoms with Crippen LogP contribution in [0.2, 0.25) is 0 Å². The van der Waals surface area contributed by atoms with Crippen molar-refractivity contribution >= 4 is 70.9 Å². The quantitative estimate of drug-likeness (QED) is 0.00526. The lowest BCUT2D eigenvalue weighted by atomic mass is 9.97. The van der Waals surface area contributed by atoms with E-state index in [1.165, 1.54) is 6.92 Å². The van der Waals surface area contributed by atoms with Crippen LogP contribution in [0.5, 0.6) is 0 Å². The average Bonchev–Trinajstić information content (AvgIpc) is 3.37. The van der Waals surface area contributed by atoms with Gasteiger partial charge in [0.2, 0.25) is 65.0 Å². The van der Waals surface area contributed by atoms with Gasteiger partial charge in [-0.1, -0.05) is 46.2 Å². The normalized spacial score (nSPS) is 14.6. The highest BCUT2D eigenvalue weighted by atomic mass is 16.3. The molecule has 0 aliphatic rings. The molecular weight excluding hydrogens is 1020 g/mol. The molecule has 0 heterocycles. The van der Waals surface area contributed by atoms with Gasteiger partial charge in [0.1, 0.15) is 48.3 Å². The van der Waals surface area contributed by atoms with Gasteiger partial charge in [0.25, 0.3) is 0 Å². The van der Waals surface area contributed by atoms with Crippen molar-refractivity contribution in [2.75, 3.05) is 32.8 Å². The first-order chi connectivity index (χ1) is 36.7. The molecule has 0 rings (SSSR count). The number of terminal acetylenes is 1. The maximum absolute atomic E-state index is 14.1. The largest absolute Gasteiger partial charge is 0.394 e. The van der Waals surface area contributed by atoms with Gasteiger partial charge in [0, 0.05) is 37.3 Å². The van der Waals surface area contributed by atoms with Gasteiger partial charge in [0.15, 0.2) is 5.96 Å². The number of azide groups is 1. The Morgan fingerprint density at radius 1 is 0.615 bits per heavy atom. The van der Waals surface area contributed by atoms with E-state index in [0.717, 1.165) is 0 Å². The van der Waals surface area contributed by atoms with Gasteiger partial charge >= 0.3 is 0 Å². The molecule has 0 saturated heterocycles. The Bertz CT molecular complexity index is 2150. The number of primary amides is 2. The number of hydrogen-bond acceptors (Lipinski definition) is 15. The second kappa shape index (κ2) is 38.7. The number of amides is 11. The van der Waals surface area contributed by atoms with E-state index in [1.807, 2.05) is 0 Å². The number of guanidine groups is 1. The first-order valence-electron chi connectivity index (χ1n) is 25.8. The first kappa shape index (κ1) is 70.2. The molecule has 20 N–H and O–H groups in total. The molecule has 1 unspecified atom stereocenters. The van der Waals surface area contributed by atoms with Crippen LogP contribution < -0.4 is 76.5 Å². The van der Waals surface area contributed by atoms with Crippen molar-refractivity contribution in [3.63, 3.8) is 0 Å². The molecule has 10 atom stereocenters. The minimum Gasteiger partial charge on any atom is -0.394 e. The molecule has 438 valence electrons. The lowest BCUT2D eigenvalue weighted by Gasteiger charge is -2.29. The number of carbonyl (C=O) groups excluding carboxylic acids is 11. The van der Waals surface area contributed by atoms with Crippen molar-refractivity contribution in [1.29, 1.82) is 0 Å². The summed E-state index contributed by atoms with van der Waals surface area (Å²) in [5, 5.41) is 36.1. The predicted octanol–water partition coefficient (Wildman–Crippen LogP) is -4.23. The van der Waals surface area contributed by atoms with Crippen LogP contribution in [0.15, 0.2) is 10.1 Å². The van der Waals surface area contributed by atoms with Crippen LogP contribution in [0.4, 0.5) is 0 Å². The lowest BCUT2D eigenvalue weighted by molar-refractivity contribution is -0.137. The Morgan fingerprint density at radius 3 is 1.67 bits per heavy atom. The van der Waals surface area contributed by atoms with Crippen molar-refractivity contribution in [2.45, 2.75) is 167 Å². The van der Waals surface area contributed by atoms with E-state index in [2.05, 4.69) is 68.8 Å². The SMILES string of the molecule is C#CC(C)CC[C@H](NC(=O)CNC(=O)[C@H](CCCCN)NC(C)=O)C(=O)N[C@@H](CO)C(=O)N[C@H](C(=O)N[C@@H](CCC(N)=O)C(=O)N[C@@H](CCN=[N+]=[N-])C(=O)N[C@@H](CC(C)C)C(=O)N[C@@H](CCCN=C(N)N)C(N)=O)[C@@H](C)CC.